The molecule has 4 heteroatoms. The van der Waals surface area contributed by atoms with Gasteiger partial charge in [-0.25, -0.2) is 4.98 Å². The van der Waals surface area contributed by atoms with Crippen LogP contribution < -0.4 is 4.90 Å². The van der Waals surface area contributed by atoms with Crippen molar-refractivity contribution in [3.8, 4) is 21.7 Å². The van der Waals surface area contributed by atoms with Crippen LogP contribution in [-0.2, 0) is 5.41 Å². The van der Waals surface area contributed by atoms with Crippen LogP contribution in [-0.4, -0.2) is 4.98 Å². The van der Waals surface area contributed by atoms with Crippen LogP contribution in [0.3, 0.4) is 0 Å². The van der Waals surface area contributed by atoms with Gasteiger partial charge in [0.2, 0.25) is 0 Å². The van der Waals surface area contributed by atoms with Crippen LogP contribution in [0.4, 0.5) is 17.1 Å². The molecule has 0 aliphatic heterocycles. The maximum absolute atomic E-state index is 6.17. The van der Waals surface area contributed by atoms with E-state index < -0.39 is 0 Å². The van der Waals surface area contributed by atoms with Crippen molar-refractivity contribution in [3.63, 3.8) is 0 Å². The second kappa shape index (κ2) is 10.1. The van der Waals surface area contributed by atoms with Crippen LogP contribution in [0, 0.1) is 0 Å². The van der Waals surface area contributed by atoms with Crippen molar-refractivity contribution in [1.82, 2.24) is 4.98 Å². The van der Waals surface area contributed by atoms with E-state index in [0.29, 0.717) is 0 Å². The zero-order chi connectivity index (χ0) is 32.0. The number of anilines is 3. The van der Waals surface area contributed by atoms with E-state index in [0.717, 1.165) is 49.5 Å². The maximum Gasteiger partial charge on any atom is 0.135 e. The first-order chi connectivity index (χ1) is 23.5. The van der Waals surface area contributed by atoms with Gasteiger partial charge in [0, 0.05) is 38.8 Å². The summed E-state index contributed by atoms with van der Waals surface area (Å²) in [6.07, 6.45) is 0. The Labute approximate surface area is 282 Å². The lowest BCUT2D eigenvalue weighted by Crippen LogP contribution is -2.15. The Balaban J connectivity index is 1.11. The molecule has 1 aliphatic rings. The Kier molecular flexibility index (Phi) is 5.79. The molecule has 9 aromatic rings. The van der Waals surface area contributed by atoms with Crippen molar-refractivity contribution in [2.45, 2.75) is 19.3 Å². The van der Waals surface area contributed by atoms with Crippen LogP contribution >= 0.6 is 11.3 Å². The minimum atomic E-state index is -0.147. The molecule has 0 radical (unpaired) electrons. The van der Waals surface area contributed by atoms with Crippen molar-refractivity contribution in [2.24, 2.45) is 0 Å². The van der Waals surface area contributed by atoms with Crippen LogP contribution in [0.25, 0.3) is 64.6 Å². The summed E-state index contributed by atoms with van der Waals surface area (Å²) in [6.45, 7) is 4.70. The van der Waals surface area contributed by atoms with Gasteiger partial charge in [-0.05, 0) is 106 Å². The lowest BCUT2D eigenvalue weighted by molar-refractivity contribution is 0.662. The predicted octanol–water partition coefficient (Wildman–Crippen LogP) is 12.8. The van der Waals surface area contributed by atoms with Crippen LogP contribution in [0.1, 0.15) is 25.0 Å². The third kappa shape index (κ3) is 4.09. The molecule has 0 unspecified atom stereocenters. The van der Waals surface area contributed by atoms with Gasteiger partial charge in [0.25, 0.3) is 0 Å². The standard InChI is InChI=1S/C44H30N2OS/c1-44(2)37-23-29-21-31(46(30-13-7-4-8-14-30)32-19-20-41-36(24-32)33-15-9-10-16-40(33)47-41)18-17-28(29)22-34(37)35-25-42-39(26-38(35)44)45-43(48-42)27-11-5-3-6-12-27/h3-26H,1-2H3. The van der Waals surface area contributed by atoms with Gasteiger partial charge >= 0.3 is 0 Å². The largest absolute Gasteiger partial charge is 0.456 e. The van der Waals surface area contributed by atoms with E-state index in [9.17, 15) is 0 Å². The molecule has 1 aliphatic carbocycles. The number of benzene rings is 7. The molecule has 0 atom stereocenters. The number of thiazole rings is 1. The Morgan fingerprint density at radius 2 is 1.25 bits per heavy atom. The third-order valence-electron chi connectivity index (χ3n) is 10.0. The summed E-state index contributed by atoms with van der Waals surface area (Å²) >= 11 is 1.77. The molecule has 0 spiro atoms. The van der Waals surface area contributed by atoms with Gasteiger partial charge in [-0.1, -0.05) is 86.6 Å². The van der Waals surface area contributed by atoms with Crippen molar-refractivity contribution in [3.05, 3.63) is 157 Å². The molecular formula is C44H30N2OS. The highest BCUT2D eigenvalue weighted by Gasteiger charge is 2.36. The van der Waals surface area contributed by atoms with E-state index in [1.807, 2.05) is 12.1 Å². The maximum atomic E-state index is 6.17. The highest BCUT2D eigenvalue weighted by Crippen LogP contribution is 2.52. The molecule has 228 valence electrons. The normalized spacial score (nSPS) is 13.4. The van der Waals surface area contributed by atoms with E-state index in [1.165, 1.54) is 43.3 Å². The molecular weight excluding hydrogens is 605 g/mol. The second-order valence-corrected chi connectivity index (χ2v) is 14.3. The van der Waals surface area contributed by atoms with E-state index in [1.54, 1.807) is 11.3 Å². The molecule has 3 nitrogen and oxygen atoms in total. The minimum Gasteiger partial charge on any atom is -0.456 e. The smallest absolute Gasteiger partial charge is 0.135 e. The summed E-state index contributed by atoms with van der Waals surface area (Å²) < 4.78 is 7.40. The monoisotopic (exact) mass is 634 g/mol. The first-order valence-corrected chi connectivity index (χ1v) is 17.2. The average Bonchev–Trinajstić information content (AvgIpc) is 3.78. The number of para-hydroxylation sites is 2. The molecule has 0 amide bonds. The van der Waals surface area contributed by atoms with Crippen molar-refractivity contribution in [2.75, 3.05) is 4.90 Å². The molecule has 0 saturated carbocycles. The van der Waals surface area contributed by atoms with Crippen molar-refractivity contribution in [1.29, 1.82) is 0 Å². The van der Waals surface area contributed by atoms with Gasteiger partial charge in [0.1, 0.15) is 16.2 Å². The van der Waals surface area contributed by atoms with Crippen LogP contribution in [0.15, 0.2) is 150 Å². The Bertz CT molecular complexity index is 2700. The molecule has 7 aromatic carbocycles. The highest BCUT2D eigenvalue weighted by atomic mass is 32.1. The van der Waals surface area contributed by atoms with Crippen molar-refractivity contribution >= 4 is 71.3 Å². The Morgan fingerprint density at radius 1 is 0.562 bits per heavy atom. The van der Waals surface area contributed by atoms with E-state index in [-0.39, 0.29) is 5.41 Å². The summed E-state index contributed by atoms with van der Waals surface area (Å²) in [5, 5.41) is 5.78. The van der Waals surface area contributed by atoms with Gasteiger partial charge < -0.3 is 9.32 Å². The lowest BCUT2D eigenvalue weighted by atomic mass is 9.82. The summed E-state index contributed by atoms with van der Waals surface area (Å²) in [4.78, 5) is 7.42. The second-order valence-electron chi connectivity index (χ2n) is 13.3. The average molecular weight is 635 g/mol. The molecule has 0 bridgehead atoms. The van der Waals surface area contributed by atoms with Crippen molar-refractivity contribution < 1.29 is 4.42 Å². The fourth-order valence-corrected chi connectivity index (χ4v) is 8.60. The third-order valence-corrected chi connectivity index (χ3v) is 11.1. The zero-order valence-electron chi connectivity index (χ0n) is 26.6. The molecule has 2 heterocycles. The van der Waals surface area contributed by atoms with E-state index in [2.05, 4.69) is 152 Å². The van der Waals surface area contributed by atoms with Crippen LogP contribution in [0.5, 0.6) is 0 Å². The van der Waals surface area contributed by atoms with E-state index >= 15 is 0 Å². The van der Waals surface area contributed by atoms with E-state index in [4.69, 9.17) is 9.40 Å². The lowest BCUT2D eigenvalue weighted by Gasteiger charge is -2.26. The first kappa shape index (κ1) is 27.4. The fourth-order valence-electron chi connectivity index (χ4n) is 7.60. The molecule has 2 aromatic heterocycles. The van der Waals surface area contributed by atoms with Gasteiger partial charge in [-0.15, -0.1) is 11.3 Å². The number of fused-ring (bicyclic) bond motifs is 8. The molecule has 0 N–H and O–H groups in total. The fraction of sp³-hybridized carbons (Fsp3) is 0.0682. The highest BCUT2D eigenvalue weighted by molar-refractivity contribution is 7.21. The summed E-state index contributed by atoms with van der Waals surface area (Å²) in [5.41, 5.74) is 12.6. The number of nitrogens with zero attached hydrogens (tertiary/aromatic N) is 2. The van der Waals surface area contributed by atoms with Crippen LogP contribution in [0.2, 0.25) is 0 Å². The first-order valence-electron chi connectivity index (χ1n) is 16.4. The number of hydrogen-bond acceptors (Lipinski definition) is 4. The molecule has 48 heavy (non-hydrogen) atoms. The molecule has 10 rings (SSSR count). The quantitative estimate of drug-likeness (QED) is 0.193. The number of aromatic nitrogens is 1. The zero-order valence-corrected chi connectivity index (χ0v) is 27.4. The topological polar surface area (TPSA) is 29.3 Å². The summed E-state index contributed by atoms with van der Waals surface area (Å²) in [7, 11) is 0. The Morgan fingerprint density at radius 3 is 2.10 bits per heavy atom. The number of rotatable bonds is 4. The van der Waals surface area contributed by atoms with Gasteiger partial charge in [0.15, 0.2) is 0 Å². The minimum absolute atomic E-state index is 0.147. The van der Waals surface area contributed by atoms with Gasteiger partial charge in [0.05, 0.1) is 10.2 Å². The molecule has 0 saturated heterocycles. The predicted molar refractivity (Wildman–Crippen MR) is 202 cm³/mol. The number of hydrogen-bond donors (Lipinski definition) is 0. The summed E-state index contributed by atoms with van der Waals surface area (Å²) in [5.74, 6) is 0. The SMILES string of the molecule is CC1(C)c2cc3cc(N(c4ccccc4)c4ccc5oc6ccccc6c5c4)ccc3cc2-c2cc3sc(-c4ccccc4)nc3cc21. The molecule has 0 fully saturated rings. The summed E-state index contributed by atoms with van der Waals surface area (Å²) in [6, 6.07) is 52.3. The van der Waals surface area contributed by atoms with Gasteiger partial charge in [-0.2, -0.15) is 0 Å². The Hall–Kier alpha value is -5.71. The van der Waals surface area contributed by atoms with Gasteiger partial charge in [-0.3, -0.25) is 0 Å². The number of furan rings is 1.